The maximum atomic E-state index is 5.30. The minimum absolute atomic E-state index is 0.476. The molecule has 0 aromatic heterocycles. The lowest BCUT2D eigenvalue weighted by atomic mass is 9.90. The number of hydrogen-bond acceptors (Lipinski definition) is 3. The molecule has 1 heterocycles. The van der Waals surface area contributed by atoms with E-state index < -0.39 is 0 Å². The van der Waals surface area contributed by atoms with Gasteiger partial charge in [-0.1, -0.05) is 12.8 Å². The lowest BCUT2D eigenvalue weighted by Crippen LogP contribution is -2.64. The van der Waals surface area contributed by atoms with Crippen molar-refractivity contribution in [3.05, 3.63) is 0 Å². The van der Waals surface area contributed by atoms with Crippen LogP contribution in [0.15, 0.2) is 0 Å². The Bertz CT molecular complexity index is 259. The van der Waals surface area contributed by atoms with E-state index >= 15 is 0 Å². The van der Waals surface area contributed by atoms with Crippen LogP contribution in [0.2, 0.25) is 0 Å². The first kappa shape index (κ1) is 11.9. The fourth-order valence-corrected chi connectivity index (χ4v) is 3.80. The van der Waals surface area contributed by atoms with Crippen molar-refractivity contribution in [2.75, 3.05) is 33.4 Å². The molecule has 0 amide bonds. The Morgan fingerprint density at radius 1 is 1.29 bits per heavy atom. The minimum Gasteiger partial charge on any atom is -0.383 e. The second-order valence-electron chi connectivity index (χ2n) is 6.20. The third kappa shape index (κ3) is 2.38. The van der Waals surface area contributed by atoms with Crippen LogP contribution in [-0.2, 0) is 4.74 Å². The summed E-state index contributed by atoms with van der Waals surface area (Å²) in [6.07, 6.45) is 8.51. The molecular weight excluding hydrogens is 212 g/mol. The highest BCUT2D eigenvalue weighted by atomic mass is 16.5. The highest BCUT2D eigenvalue weighted by Gasteiger charge is 2.46. The lowest BCUT2D eigenvalue weighted by molar-refractivity contribution is 0.0180. The number of ether oxygens (including phenoxy) is 1. The summed E-state index contributed by atoms with van der Waals surface area (Å²) in [5, 5.41) is 3.84. The lowest BCUT2D eigenvalue weighted by Gasteiger charge is -2.48. The van der Waals surface area contributed by atoms with Crippen LogP contribution in [-0.4, -0.2) is 49.8 Å². The molecule has 3 nitrogen and oxygen atoms in total. The van der Waals surface area contributed by atoms with Gasteiger partial charge in [-0.15, -0.1) is 0 Å². The molecule has 98 valence electrons. The molecule has 1 saturated heterocycles. The molecule has 3 heteroatoms. The van der Waals surface area contributed by atoms with Crippen molar-refractivity contribution in [2.24, 2.45) is 5.92 Å². The van der Waals surface area contributed by atoms with Gasteiger partial charge in [-0.25, -0.2) is 0 Å². The fraction of sp³-hybridized carbons (Fsp3) is 1.00. The molecule has 1 spiro atoms. The second kappa shape index (κ2) is 4.87. The van der Waals surface area contributed by atoms with Crippen LogP contribution in [0.1, 0.15) is 38.5 Å². The van der Waals surface area contributed by atoms with Gasteiger partial charge in [0.25, 0.3) is 0 Å². The Hall–Kier alpha value is -0.120. The molecule has 3 fully saturated rings. The van der Waals surface area contributed by atoms with Gasteiger partial charge in [-0.3, -0.25) is 4.90 Å². The first-order valence-corrected chi connectivity index (χ1v) is 7.31. The highest BCUT2D eigenvalue weighted by Crippen LogP contribution is 2.40. The summed E-state index contributed by atoms with van der Waals surface area (Å²) in [6, 6.07) is 0.762. The normalized spacial score (nSPS) is 33.4. The third-order valence-electron chi connectivity index (χ3n) is 5.07. The van der Waals surface area contributed by atoms with Crippen molar-refractivity contribution in [2.45, 2.75) is 50.1 Å². The summed E-state index contributed by atoms with van der Waals surface area (Å²) in [4.78, 5) is 2.75. The van der Waals surface area contributed by atoms with Gasteiger partial charge in [0.2, 0.25) is 0 Å². The molecule has 0 bridgehead atoms. The van der Waals surface area contributed by atoms with Crippen molar-refractivity contribution in [1.82, 2.24) is 10.2 Å². The molecular formula is C14H26N2O. The van der Waals surface area contributed by atoms with Gasteiger partial charge in [-0.05, 0) is 31.6 Å². The van der Waals surface area contributed by atoms with E-state index in [2.05, 4.69) is 10.2 Å². The van der Waals surface area contributed by atoms with E-state index in [4.69, 9.17) is 4.74 Å². The van der Waals surface area contributed by atoms with E-state index in [9.17, 15) is 0 Å². The first-order valence-electron chi connectivity index (χ1n) is 7.31. The van der Waals surface area contributed by atoms with Crippen molar-refractivity contribution >= 4 is 0 Å². The Balaban J connectivity index is 1.66. The van der Waals surface area contributed by atoms with Gasteiger partial charge >= 0.3 is 0 Å². The average molecular weight is 238 g/mol. The summed E-state index contributed by atoms with van der Waals surface area (Å²) < 4.78 is 5.30. The first-order chi connectivity index (χ1) is 8.34. The summed E-state index contributed by atoms with van der Waals surface area (Å²) in [7, 11) is 1.82. The highest BCUT2D eigenvalue weighted by molar-refractivity contribution is 5.04. The SMILES string of the molecule is COCCN1CC(C2CC2)NCC12CCCC2. The fourth-order valence-electron chi connectivity index (χ4n) is 3.80. The van der Waals surface area contributed by atoms with Gasteiger partial charge < -0.3 is 10.1 Å². The molecule has 2 aliphatic carbocycles. The van der Waals surface area contributed by atoms with Crippen molar-refractivity contribution in [1.29, 1.82) is 0 Å². The molecule has 3 rings (SSSR count). The molecule has 17 heavy (non-hydrogen) atoms. The topological polar surface area (TPSA) is 24.5 Å². The third-order valence-corrected chi connectivity index (χ3v) is 5.07. The number of nitrogens with zero attached hydrogens (tertiary/aromatic N) is 1. The monoisotopic (exact) mass is 238 g/mol. The molecule has 0 radical (unpaired) electrons. The van der Waals surface area contributed by atoms with Crippen LogP contribution in [0.25, 0.3) is 0 Å². The quantitative estimate of drug-likeness (QED) is 0.805. The van der Waals surface area contributed by atoms with Crippen LogP contribution in [0.5, 0.6) is 0 Å². The van der Waals surface area contributed by atoms with E-state index in [0.717, 1.165) is 25.1 Å². The van der Waals surface area contributed by atoms with Crippen molar-refractivity contribution in [3.8, 4) is 0 Å². The van der Waals surface area contributed by atoms with E-state index in [-0.39, 0.29) is 0 Å². The van der Waals surface area contributed by atoms with Crippen LogP contribution >= 0.6 is 0 Å². The van der Waals surface area contributed by atoms with E-state index in [1.54, 1.807) is 0 Å². The molecule has 1 aliphatic heterocycles. The minimum atomic E-state index is 0.476. The smallest absolute Gasteiger partial charge is 0.0589 e. The largest absolute Gasteiger partial charge is 0.383 e. The summed E-state index contributed by atoms with van der Waals surface area (Å²) >= 11 is 0. The number of methoxy groups -OCH3 is 1. The Kier molecular flexibility index (Phi) is 3.42. The van der Waals surface area contributed by atoms with Crippen LogP contribution in [0.4, 0.5) is 0 Å². The maximum absolute atomic E-state index is 5.30. The molecule has 0 aromatic rings. The zero-order chi connectivity index (χ0) is 11.7. The number of piperazine rings is 1. The summed E-state index contributed by atoms with van der Waals surface area (Å²) in [5.74, 6) is 0.971. The standard InChI is InChI=1S/C14H26N2O/c1-17-9-8-16-10-13(12-4-5-12)15-11-14(16)6-2-3-7-14/h12-13,15H,2-11H2,1H3. The average Bonchev–Trinajstić information content (AvgIpc) is 3.10. The Morgan fingerprint density at radius 3 is 2.71 bits per heavy atom. The zero-order valence-electron chi connectivity index (χ0n) is 11.1. The number of hydrogen-bond donors (Lipinski definition) is 1. The predicted molar refractivity (Wildman–Crippen MR) is 69.2 cm³/mol. The zero-order valence-corrected chi connectivity index (χ0v) is 11.1. The molecule has 1 N–H and O–H groups in total. The van der Waals surface area contributed by atoms with Crippen LogP contribution in [0.3, 0.4) is 0 Å². The number of nitrogens with one attached hydrogen (secondary N) is 1. The van der Waals surface area contributed by atoms with Gasteiger partial charge in [0.05, 0.1) is 6.61 Å². The summed E-state index contributed by atoms with van der Waals surface area (Å²) in [6.45, 7) is 4.49. The maximum Gasteiger partial charge on any atom is 0.0589 e. The van der Waals surface area contributed by atoms with Crippen LogP contribution in [0, 0.1) is 5.92 Å². The van der Waals surface area contributed by atoms with Gasteiger partial charge in [0.15, 0.2) is 0 Å². The van der Waals surface area contributed by atoms with E-state index in [0.29, 0.717) is 5.54 Å². The Morgan fingerprint density at radius 2 is 2.06 bits per heavy atom. The number of rotatable bonds is 4. The van der Waals surface area contributed by atoms with Gasteiger partial charge in [-0.2, -0.15) is 0 Å². The summed E-state index contributed by atoms with van der Waals surface area (Å²) in [5.41, 5.74) is 0.476. The van der Waals surface area contributed by atoms with Crippen LogP contribution < -0.4 is 5.32 Å². The van der Waals surface area contributed by atoms with E-state index in [1.165, 1.54) is 51.6 Å². The predicted octanol–water partition coefficient (Wildman–Crippen LogP) is 1.63. The van der Waals surface area contributed by atoms with Gasteiger partial charge in [0, 0.05) is 38.3 Å². The van der Waals surface area contributed by atoms with E-state index in [1.807, 2.05) is 7.11 Å². The molecule has 0 aromatic carbocycles. The molecule has 1 unspecified atom stereocenters. The van der Waals surface area contributed by atoms with Crippen molar-refractivity contribution in [3.63, 3.8) is 0 Å². The molecule has 1 atom stereocenters. The van der Waals surface area contributed by atoms with Gasteiger partial charge in [0.1, 0.15) is 0 Å². The van der Waals surface area contributed by atoms with Crippen molar-refractivity contribution < 1.29 is 4.74 Å². The Labute approximate surface area is 105 Å². The second-order valence-corrected chi connectivity index (χ2v) is 6.20. The molecule has 2 saturated carbocycles. The molecule has 3 aliphatic rings.